The number of benzene rings is 2. The number of carboxylic acids is 1. The number of aromatic hydroxyl groups is 1. The van der Waals surface area contributed by atoms with Crippen LogP contribution in [0.3, 0.4) is 0 Å². The Morgan fingerprint density at radius 2 is 1.33 bits per heavy atom. The van der Waals surface area contributed by atoms with Gasteiger partial charge in [-0.05, 0) is 68.0 Å². The third-order valence-electron chi connectivity index (χ3n) is 16.3. The molecule has 11 N–H and O–H groups in total. The zero-order valence-electron chi connectivity index (χ0n) is 49.8. The molecule has 9 aromatic rings. The largest absolute Gasteiger partial charge is 0.508 e. The molecule has 7 amide bonds. The molecular weight excluding hydrogens is 1330 g/mol. The summed E-state index contributed by atoms with van der Waals surface area (Å²) in [5.41, 5.74) is 8.48. The predicted octanol–water partition coefficient (Wildman–Crippen LogP) is 6.78. The number of aliphatic carboxylic acids is 1. The monoisotopic (exact) mass is 1380 g/mol. The second-order valence-electron chi connectivity index (χ2n) is 22.7. The number of thiazole rings is 6. The van der Waals surface area contributed by atoms with E-state index in [0.29, 0.717) is 90.1 Å². The van der Waals surface area contributed by atoms with Gasteiger partial charge in [0.2, 0.25) is 17.7 Å². The molecule has 32 heteroatoms. The van der Waals surface area contributed by atoms with Crippen molar-refractivity contribution in [1.29, 1.82) is 0 Å². The van der Waals surface area contributed by atoms with Crippen LogP contribution in [0.1, 0.15) is 136 Å². The molecular formula is C62H58N14O12S6. The van der Waals surface area contributed by atoms with Crippen molar-refractivity contribution in [2.45, 2.75) is 94.8 Å². The molecule has 1 saturated carbocycles. The number of aliphatic hydroxyl groups excluding tert-OH is 2. The number of aryl methyl sites for hydroxylation is 1. The summed E-state index contributed by atoms with van der Waals surface area (Å²) in [4.78, 5) is 145. The minimum absolute atomic E-state index is 0.0346. The number of amides is 7. The lowest BCUT2D eigenvalue weighted by Crippen LogP contribution is -2.50. The smallest absolute Gasteiger partial charge is 0.306 e. The van der Waals surface area contributed by atoms with E-state index in [-0.39, 0.29) is 57.5 Å². The van der Waals surface area contributed by atoms with Gasteiger partial charge in [0.15, 0.2) is 0 Å². The highest BCUT2D eigenvalue weighted by molar-refractivity contribution is 7.15. The normalized spacial score (nSPS) is 21.7. The first-order valence-electron chi connectivity index (χ1n) is 29.5. The van der Waals surface area contributed by atoms with Gasteiger partial charge in [-0.25, -0.2) is 34.9 Å². The fourth-order valence-corrected chi connectivity index (χ4v) is 16.6. The van der Waals surface area contributed by atoms with Gasteiger partial charge in [-0.15, -0.1) is 68.0 Å². The van der Waals surface area contributed by atoms with Crippen LogP contribution < -0.4 is 32.3 Å². The van der Waals surface area contributed by atoms with Gasteiger partial charge in [-0.2, -0.15) is 0 Å². The number of hydrogen-bond acceptors (Lipinski definition) is 24. The van der Waals surface area contributed by atoms with E-state index in [0.717, 1.165) is 34.0 Å². The SMILES string of the molecule is Cc1sc2nc1C(=O)N[C@@H]([C@H](O)c1ccccc1)c1nc(cs1)C(=O)N[C@@H](Cc1ccc(O)cc1)C(=O)NCC(=O)N1C[C@H](O)[C@H](C)[C@H]1c1nc(cs1)-c1nc(cs1)-c1nc(-c3nc(C(=O)NC4CCC(C(=O)O)CC4)cs3)ccc1-c1nc(cs1)C(=O)N[C@H]2CC(N)=O. The predicted molar refractivity (Wildman–Crippen MR) is 350 cm³/mol. The molecule has 7 atom stereocenters. The van der Waals surface area contributed by atoms with Crippen molar-refractivity contribution in [1.82, 2.24) is 66.4 Å². The summed E-state index contributed by atoms with van der Waals surface area (Å²) in [6.45, 7) is 2.78. The number of nitrogens with one attached hydrogen (secondary N) is 5. The summed E-state index contributed by atoms with van der Waals surface area (Å²) in [5, 5.41) is 66.9. The number of carbonyl (C=O) groups is 8. The first kappa shape index (κ1) is 64.9. The lowest BCUT2D eigenvalue weighted by molar-refractivity contribution is -0.143. The zero-order valence-corrected chi connectivity index (χ0v) is 54.6. The van der Waals surface area contributed by atoms with Crippen LogP contribution in [0.25, 0.3) is 43.4 Å². The van der Waals surface area contributed by atoms with Crippen LogP contribution in [-0.4, -0.2) is 139 Å². The van der Waals surface area contributed by atoms with Gasteiger partial charge in [0.05, 0.1) is 42.8 Å². The number of phenols is 1. The van der Waals surface area contributed by atoms with Gasteiger partial charge in [-0.1, -0.05) is 49.4 Å². The lowest BCUT2D eigenvalue weighted by Gasteiger charge is -2.26. The standard InChI is InChI=1S/C62H58N14O12S6/c1-27-43(78)21-76-45(80)20-64-51(82)36(18-29-8-14-33(77)15-9-29)67-53(84)41-25-92-60(72-41)48(50(81)30-6-4-3-5-7-30)74-55(86)46-28(2)94-59(75-46)37(19-44(63)79)68-54(85)40-23-89-56(70-40)34-16-17-35(66-47(34)38-22-90-58(69-38)42-26-93-61(73-42)49(27)76)57-71-39(24-91-57)52(83)65-32-12-10-31(11-13-32)62(87)88/h3-9,14-17,22-27,31-32,36-37,43,48-50,77-78,81H,10-13,18-21H2,1-2H3,(H2,63,79)(H,64,82)(H,65,83)(H,67,84)(H,68,85)(H,74,86)(H,87,88)/t27-,31?,32?,36-,37-,43-,48-,49-,50+/m0/s1. The average molecular weight is 1380 g/mol. The van der Waals surface area contributed by atoms with E-state index in [4.69, 9.17) is 25.7 Å². The van der Waals surface area contributed by atoms with E-state index in [1.807, 2.05) is 0 Å². The second-order valence-corrected chi connectivity index (χ2v) is 28.3. The summed E-state index contributed by atoms with van der Waals surface area (Å²) < 4.78 is 0. The Morgan fingerprint density at radius 1 is 0.681 bits per heavy atom. The van der Waals surface area contributed by atoms with Gasteiger partial charge < -0.3 is 57.6 Å². The molecule has 0 spiro atoms. The van der Waals surface area contributed by atoms with Crippen molar-refractivity contribution in [3.63, 3.8) is 0 Å². The summed E-state index contributed by atoms with van der Waals surface area (Å²) in [6, 6.07) is 13.1. The molecule has 10 bridgehead atoms. The van der Waals surface area contributed by atoms with Crippen LogP contribution in [0.15, 0.2) is 93.6 Å². The Kier molecular flexibility index (Phi) is 19.2. The van der Waals surface area contributed by atoms with Crippen molar-refractivity contribution >= 4 is 115 Å². The number of nitrogens with zero attached hydrogens (tertiary/aromatic N) is 8. The highest BCUT2D eigenvalue weighted by atomic mass is 32.1. The molecule has 12 rings (SSSR count). The van der Waals surface area contributed by atoms with Crippen molar-refractivity contribution in [3.8, 4) is 49.1 Å². The number of aromatic nitrogens is 7. The van der Waals surface area contributed by atoms with Crippen molar-refractivity contribution in [2.24, 2.45) is 17.6 Å². The Labute approximate surface area is 558 Å². The maximum atomic E-state index is 14.5. The van der Waals surface area contributed by atoms with Crippen LogP contribution in [0, 0.1) is 18.8 Å². The molecule has 7 aromatic heterocycles. The van der Waals surface area contributed by atoms with Crippen LogP contribution in [-0.2, 0) is 25.6 Å². The maximum Gasteiger partial charge on any atom is 0.306 e. The number of pyridine rings is 1. The van der Waals surface area contributed by atoms with E-state index in [1.165, 1.54) is 61.8 Å². The van der Waals surface area contributed by atoms with Crippen LogP contribution >= 0.6 is 68.0 Å². The molecule has 1 aliphatic carbocycles. The zero-order chi connectivity index (χ0) is 66.1. The highest BCUT2D eigenvalue weighted by Crippen LogP contribution is 2.43. The third-order valence-corrected chi connectivity index (χ3v) is 21.9. The number of carbonyl (C=O) groups excluding carboxylic acids is 7. The average Bonchev–Trinajstić information content (AvgIpc) is 1.63. The second kappa shape index (κ2) is 27.8. The summed E-state index contributed by atoms with van der Waals surface area (Å²) >= 11 is 6.78. The minimum Gasteiger partial charge on any atom is -0.508 e. The number of rotatable bonds is 10. The summed E-state index contributed by atoms with van der Waals surface area (Å²) in [6.07, 6.45) is -1.02. The summed E-state index contributed by atoms with van der Waals surface area (Å²) in [7, 11) is 0. The van der Waals surface area contributed by atoms with Crippen molar-refractivity contribution in [3.05, 3.63) is 147 Å². The molecule has 484 valence electrons. The van der Waals surface area contributed by atoms with Gasteiger partial charge in [-0.3, -0.25) is 38.4 Å². The number of hydrogen-bond donors (Lipinski definition) is 10. The van der Waals surface area contributed by atoms with Crippen LogP contribution in [0.4, 0.5) is 0 Å². The maximum absolute atomic E-state index is 14.5. The molecule has 94 heavy (non-hydrogen) atoms. The van der Waals surface area contributed by atoms with E-state index in [9.17, 15) is 58.8 Å². The Balaban J connectivity index is 0.903. The number of aliphatic hydroxyl groups is 2. The molecule has 2 aliphatic heterocycles. The Hall–Kier alpha value is -9.15. The van der Waals surface area contributed by atoms with Gasteiger partial charge in [0, 0.05) is 62.3 Å². The molecule has 26 nitrogen and oxygen atoms in total. The van der Waals surface area contributed by atoms with Gasteiger partial charge in [0.25, 0.3) is 23.6 Å². The number of primary amides is 1. The van der Waals surface area contributed by atoms with Crippen molar-refractivity contribution < 1.29 is 58.8 Å². The molecule has 9 heterocycles. The minimum atomic E-state index is -1.44. The van der Waals surface area contributed by atoms with E-state index in [2.05, 4.69) is 41.5 Å². The Morgan fingerprint density at radius 3 is 2.07 bits per heavy atom. The number of phenolic OH excluding ortho intramolecular Hbond substituents is 1. The first-order valence-corrected chi connectivity index (χ1v) is 34.7. The van der Waals surface area contributed by atoms with E-state index < -0.39 is 108 Å². The first-order chi connectivity index (χ1) is 45.2. The molecule has 2 fully saturated rings. The quantitative estimate of drug-likeness (QED) is 0.0674. The molecule has 2 aromatic carbocycles. The third kappa shape index (κ3) is 14.2. The molecule has 3 aliphatic rings. The Bertz CT molecular complexity index is 4370. The van der Waals surface area contributed by atoms with Gasteiger partial charge in [0.1, 0.15) is 93.8 Å². The fraction of sp³-hybridized carbons (Fsp3) is 0.306. The number of fused-ring (bicyclic) bond motifs is 16. The van der Waals surface area contributed by atoms with Crippen LogP contribution in [0.2, 0.25) is 0 Å². The highest BCUT2D eigenvalue weighted by Gasteiger charge is 2.44. The van der Waals surface area contributed by atoms with E-state index >= 15 is 0 Å². The molecule has 1 saturated heterocycles. The number of nitrogens with two attached hydrogens (primary N) is 1. The molecule has 0 radical (unpaired) electrons. The number of carboxylic acid groups (broad SMARTS) is 1. The van der Waals surface area contributed by atoms with E-state index in [1.54, 1.807) is 84.6 Å². The lowest BCUT2D eigenvalue weighted by atomic mass is 9.86. The fourth-order valence-electron chi connectivity index (χ4n) is 11.3. The van der Waals surface area contributed by atoms with Crippen molar-refractivity contribution in [2.75, 3.05) is 13.1 Å². The molecule has 0 unspecified atom stereocenters. The topological polar surface area (TPSA) is 397 Å². The van der Waals surface area contributed by atoms with Gasteiger partial charge >= 0.3 is 5.97 Å². The summed E-state index contributed by atoms with van der Waals surface area (Å²) in [5.74, 6) is -6.65. The van der Waals surface area contributed by atoms with Crippen LogP contribution in [0.5, 0.6) is 5.75 Å².